The Morgan fingerprint density at radius 1 is 0.671 bits per heavy atom. The largest absolute Gasteiger partial charge is 0.370 e. The van der Waals surface area contributed by atoms with Gasteiger partial charge in [-0.05, 0) is 107 Å². The summed E-state index contributed by atoms with van der Waals surface area (Å²) in [5.41, 5.74) is 23.8. The molecule has 4 rings (SSSR count). The monoisotopic (exact) mass is 993 g/mol. The Balaban J connectivity index is 1.81. The Bertz CT molecular complexity index is 2240. The summed E-state index contributed by atoms with van der Waals surface area (Å²) < 4.78 is 0. The zero-order valence-electron chi connectivity index (χ0n) is 39.2. The predicted molar refractivity (Wildman–Crippen MR) is 262 cm³/mol. The number of para-hydroxylation sites is 1. The number of nitrogens with zero attached hydrogens (tertiary/aromatic N) is 2. The van der Waals surface area contributed by atoms with Gasteiger partial charge < -0.3 is 64.7 Å². The van der Waals surface area contributed by atoms with Gasteiger partial charge in [-0.25, -0.2) is 4.99 Å². The number of aromatic amines is 1. The number of carbonyl (C=O) groups excluding carboxylic acids is 10. The molecular weight excluding hydrogens is 927 g/mol. The van der Waals surface area contributed by atoms with E-state index >= 15 is 0 Å². The average molecular weight is 994 g/mol. The number of fused-ring (bicyclic) bond motifs is 2. The summed E-state index contributed by atoms with van der Waals surface area (Å²) in [5.74, 6) is -8.69. The fraction of sp³-hybridized carbons (Fsp3) is 0.565. The Morgan fingerprint density at radius 3 is 1.80 bits per heavy atom. The minimum Gasteiger partial charge on any atom is -0.370 e. The van der Waals surface area contributed by atoms with Gasteiger partial charge in [-0.2, -0.15) is 0 Å². The van der Waals surface area contributed by atoms with Gasteiger partial charge in [0.1, 0.15) is 42.3 Å². The number of carbonyl (C=O) groups is 10. The fourth-order valence-corrected chi connectivity index (χ4v) is 8.49. The molecule has 1 fully saturated rings. The summed E-state index contributed by atoms with van der Waals surface area (Å²) in [6.07, 6.45) is 4.40. The van der Waals surface area contributed by atoms with E-state index < -0.39 is 108 Å². The highest BCUT2D eigenvalue weighted by atomic mass is 32.1. The lowest BCUT2D eigenvalue weighted by molar-refractivity contribution is -0.143. The van der Waals surface area contributed by atoms with Crippen molar-refractivity contribution in [1.29, 1.82) is 0 Å². The number of benzene rings is 1. The number of hydrogen-bond donors (Lipinski definition) is 11. The number of H-pyrrole nitrogens is 1. The molecule has 15 N–H and O–H groups in total. The van der Waals surface area contributed by atoms with Crippen molar-refractivity contribution in [2.75, 3.05) is 19.6 Å². The zero-order chi connectivity index (χ0) is 51.2. The van der Waals surface area contributed by atoms with Gasteiger partial charge in [-0.15, -0.1) is 0 Å². The molecule has 24 heteroatoms. The molecule has 0 unspecified atom stereocenters. The van der Waals surface area contributed by atoms with E-state index in [1.807, 2.05) is 6.07 Å². The summed E-state index contributed by atoms with van der Waals surface area (Å²) in [4.78, 5) is 145. The highest BCUT2D eigenvalue weighted by Gasteiger charge is 2.40. The van der Waals surface area contributed by atoms with Gasteiger partial charge in [-0.3, -0.25) is 47.9 Å². The van der Waals surface area contributed by atoms with Gasteiger partial charge in [0.05, 0.1) is 12.6 Å². The zero-order valence-corrected chi connectivity index (χ0v) is 40.0. The molecule has 0 radical (unpaired) electrons. The van der Waals surface area contributed by atoms with Crippen LogP contribution >= 0.6 is 12.2 Å². The summed E-state index contributed by atoms with van der Waals surface area (Å²) in [6, 6.07) is -2.40. The quantitative estimate of drug-likeness (QED) is 0.0515. The molecule has 382 valence electrons. The second-order valence-electron chi connectivity index (χ2n) is 17.4. The molecule has 2 aliphatic heterocycles. The first kappa shape index (κ1) is 55.9. The summed E-state index contributed by atoms with van der Waals surface area (Å²) >= 11 is 4.94. The fourth-order valence-electron chi connectivity index (χ4n) is 8.33. The number of thiocarbonyl (C=S) groups is 1. The predicted octanol–water partition coefficient (Wildman–Crippen LogP) is -1.82. The third-order valence-corrected chi connectivity index (χ3v) is 12.3. The molecule has 0 aliphatic carbocycles. The van der Waals surface area contributed by atoms with Gasteiger partial charge in [0.15, 0.2) is 0 Å². The summed E-state index contributed by atoms with van der Waals surface area (Å²) in [7, 11) is 0. The molecule has 0 saturated carbocycles. The van der Waals surface area contributed by atoms with Gasteiger partial charge in [-0.1, -0.05) is 36.8 Å². The molecule has 70 heavy (non-hydrogen) atoms. The van der Waals surface area contributed by atoms with Crippen LogP contribution in [0.15, 0.2) is 35.5 Å². The Labute approximate surface area is 410 Å². The number of rotatable bonds is 20. The standard InChI is InChI=1S/C46H67N13O10S/c47-19-7-5-14-31-43(66)57-34(23-27-25-51-29-12-4-3-11-28(27)29)40(63)52-26-39(62)53-30(13-2-1-9-22-70)41(64)58-35(24-38(50)61)46(69)59-21-10-16-36(59)45(68)56-32(15-6-8-20-48)42(65)55-33(44(67)54-31)17-18-37(49)60/h3-4,11-12,22,25-26,30-36,51H,1-2,5-10,13-21,23-24,47-48H2,(H2,49,60)(H2,50,61)(H,53,62)(H,54,67)(H,55,65)(H,56,68)(H,57,66)(H,58,64)/t30-,31+,32-,33-,34-,35-,36-/m0/s1. The molecule has 2 aliphatic rings. The van der Waals surface area contributed by atoms with E-state index in [2.05, 4.69) is 41.9 Å². The highest BCUT2D eigenvalue weighted by molar-refractivity contribution is 7.78. The van der Waals surface area contributed by atoms with Crippen LogP contribution in [-0.4, -0.2) is 142 Å². The van der Waals surface area contributed by atoms with E-state index in [9.17, 15) is 47.9 Å². The molecule has 3 heterocycles. The summed E-state index contributed by atoms with van der Waals surface area (Å²) in [6.45, 7) is 0.548. The van der Waals surface area contributed by atoms with E-state index in [1.54, 1.807) is 24.4 Å². The van der Waals surface area contributed by atoms with Gasteiger partial charge >= 0.3 is 0 Å². The Morgan fingerprint density at radius 2 is 1.21 bits per heavy atom. The third kappa shape index (κ3) is 17.4. The number of unbranched alkanes of at least 4 members (excludes halogenated alkanes) is 4. The van der Waals surface area contributed by atoms with Crippen molar-refractivity contribution in [2.24, 2.45) is 27.9 Å². The van der Waals surface area contributed by atoms with E-state index in [0.29, 0.717) is 63.1 Å². The maximum atomic E-state index is 14.3. The Hall–Kier alpha value is -6.66. The Kier molecular flexibility index (Phi) is 23.0. The van der Waals surface area contributed by atoms with Crippen molar-refractivity contribution >= 4 is 93.8 Å². The van der Waals surface area contributed by atoms with Crippen LogP contribution in [0.4, 0.5) is 0 Å². The minimum absolute atomic E-state index is 0.0214. The van der Waals surface area contributed by atoms with E-state index in [1.165, 1.54) is 10.3 Å². The van der Waals surface area contributed by atoms with Crippen molar-refractivity contribution in [2.45, 2.75) is 145 Å². The molecule has 7 atom stereocenters. The minimum atomic E-state index is -1.58. The number of amides is 10. The second-order valence-corrected chi connectivity index (χ2v) is 17.7. The molecule has 0 bridgehead atoms. The SMILES string of the molecule is NCCCC[C@@H]1NC(=O)[C@@H]2CCCN2C(=O)[C@H](CC(N)=O)NC(=O)[C@H](CCCCC=S)NC(=O)C=NC(=O)[C@H](Cc2c[nH]c3ccccc23)NC(=O)[C@@H](CCCCN)NC(=O)[C@H](CCC(N)=O)NC1=O. The maximum absolute atomic E-state index is 14.3. The smallest absolute Gasteiger partial charge is 0.268 e. The number of nitrogens with one attached hydrogen (secondary N) is 7. The van der Waals surface area contributed by atoms with E-state index in [4.69, 9.17) is 35.2 Å². The highest BCUT2D eigenvalue weighted by Crippen LogP contribution is 2.22. The summed E-state index contributed by atoms with van der Waals surface area (Å²) in [5, 5.41) is 17.9. The first-order valence-corrected chi connectivity index (χ1v) is 24.2. The number of hydrogen-bond acceptors (Lipinski definition) is 13. The third-order valence-electron chi connectivity index (χ3n) is 12.1. The second kappa shape index (κ2) is 28.7. The van der Waals surface area contributed by atoms with Crippen LogP contribution in [0, 0.1) is 0 Å². The molecule has 1 aromatic carbocycles. The van der Waals surface area contributed by atoms with Crippen LogP contribution in [0.5, 0.6) is 0 Å². The van der Waals surface area contributed by atoms with Crippen molar-refractivity contribution in [1.82, 2.24) is 41.8 Å². The van der Waals surface area contributed by atoms with Crippen molar-refractivity contribution in [3.8, 4) is 0 Å². The lowest BCUT2D eigenvalue weighted by atomic mass is 10.0. The normalized spacial score (nSPS) is 23.6. The van der Waals surface area contributed by atoms with Crippen LogP contribution in [0.25, 0.3) is 10.9 Å². The van der Waals surface area contributed by atoms with Gasteiger partial charge in [0, 0.05) is 36.5 Å². The molecule has 1 saturated heterocycles. The number of nitrogens with two attached hydrogens (primary N) is 4. The molecular formula is C46H67N13O10S. The van der Waals surface area contributed by atoms with Gasteiger partial charge in [0.2, 0.25) is 47.3 Å². The van der Waals surface area contributed by atoms with Crippen LogP contribution in [0.1, 0.15) is 102 Å². The van der Waals surface area contributed by atoms with Crippen molar-refractivity contribution < 1.29 is 47.9 Å². The molecule has 2 aromatic rings. The first-order valence-electron chi connectivity index (χ1n) is 23.7. The van der Waals surface area contributed by atoms with Crippen LogP contribution in [0.2, 0.25) is 0 Å². The van der Waals surface area contributed by atoms with Crippen molar-refractivity contribution in [3.63, 3.8) is 0 Å². The van der Waals surface area contributed by atoms with Gasteiger partial charge in [0.25, 0.3) is 11.8 Å². The lowest BCUT2D eigenvalue weighted by Crippen LogP contribution is -2.60. The number of primary amides is 2. The van der Waals surface area contributed by atoms with Crippen LogP contribution in [0.3, 0.4) is 0 Å². The average Bonchev–Trinajstić information content (AvgIpc) is 3.99. The van der Waals surface area contributed by atoms with E-state index in [-0.39, 0.29) is 64.6 Å². The number of aliphatic imine (C=N–C) groups is 1. The molecule has 10 amide bonds. The molecule has 23 nitrogen and oxygen atoms in total. The van der Waals surface area contributed by atoms with Crippen LogP contribution < -0.4 is 54.8 Å². The van der Waals surface area contributed by atoms with E-state index in [0.717, 1.165) is 10.9 Å². The molecule has 0 spiro atoms. The maximum Gasteiger partial charge on any atom is 0.268 e. The lowest BCUT2D eigenvalue weighted by Gasteiger charge is -2.30. The first-order chi connectivity index (χ1) is 33.6. The molecule has 1 aromatic heterocycles. The topological polar surface area (TPSA) is 378 Å². The van der Waals surface area contributed by atoms with Crippen molar-refractivity contribution in [3.05, 3.63) is 36.0 Å². The van der Waals surface area contributed by atoms with Crippen LogP contribution in [-0.2, 0) is 54.4 Å². The number of aromatic nitrogens is 1.